The number of carbonyl (C=O) groups is 1. The number of carbonyl (C=O) groups excluding carboxylic acids is 1. The van der Waals surface area contributed by atoms with Crippen LogP contribution in [-0.2, 0) is 19.7 Å². The number of rotatable bonds is 8. The van der Waals surface area contributed by atoms with Crippen molar-refractivity contribution in [1.82, 2.24) is 14.7 Å². The summed E-state index contributed by atoms with van der Waals surface area (Å²) in [6.45, 7) is 1.66. The summed E-state index contributed by atoms with van der Waals surface area (Å²) in [5.41, 5.74) is 3.87. The number of amides is 1. The maximum Gasteiger partial charge on any atom is 0.254 e. The van der Waals surface area contributed by atoms with Gasteiger partial charge in [-0.1, -0.05) is 66.7 Å². The number of hydrogen-bond acceptors (Lipinski definition) is 3. The maximum absolute atomic E-state index is 12.9. The molecule has 3 aromatic carbocycles. The van der Waals surface area contributed by atoms with E-state index >= 15 is 0 Å². The van der Waals surface area contributed by atoms with Crippen LogP contribution in [0.5, 0.6) is 5.75 Å². The highest BCUT2D eigenvalue weighted by molar-refractivity contribution is 5.94. The Hall–Kier alpha value is -3.86. The Morgan fingerprint density at radius 3 is 2.35 bits per heavy atom. The fraction of sp³-hybridized carbons (Fsp3) is 0.154. The molecule has 1 aromatic heterocycles. The lowest BCUT2D eigenvalue weighted by atomic mass is 10.2. The zero-order valence-corrected chi connectivity index (χ0v) is 17.5. The topological polar surface area (TPSA) is 47.4 Å². The van der Waals surface area contributed by atoms with Crippen molar-refractivity contribution in [2.24, 2.45) is 0 Å². The van der Waals surface area contributed by atoms with Crippen LogP contribution in [0.2, 0.25) is 0 Å². The normalized spacial score (nSPS) is 10.6. The molecule has 0 spiro atoms. The van der Waals surface area contributed by atoms with Crippen LogP contribution in [0.3, 0.4) is 0 Å². The van der Waals surface area contributed by atoms with Gasteiger partial charge in [0.25, 0.3) is 5.91 Å². The van der Waals surface area contributed by atoms with Crippen LogP contribution < -0.4 is 4.74 Å². The molecule has 0 aliphatic carbocycles. The summed E-state index contributed by atoms with van der Waals surface area (Å²) in [5.74, 6) is 0.625. The highest BCUT2D eigenvalue weighted by atomic mass is 16.5. The number of nitrogens with zero attached hydrogens (tertiary/aromatic N) is 3. The Morgan fingerprint density at radius 1 is 0.903 bits per heavy atom. The van der Waals surface area contributed by atoms with Gasteiger partial charge >= 0.3 is 0 Å². The SMILES string of the molecule is CN(Cc1cnn(Cc2ccccc2)c1)C(=O)c1cccc(OCc2ccccc2)c1. The summed E-state index contributed by atoms with van der Waals surface area (Å²) in [4.78, 5) is 14.6. The van der Waals surface area contributed by atoms with Crippen molar-refractivity contribution in [3.8, 4) is 5.75 Å². The van der Waals surface area contributed by atoms with Gasteiger partial charge in [-0.2, -0.15) is 5.10 Å². The Labute approximate surface area is 182 Å². The molecule has 0 saturated heterocycles. The van der Waals surface area contributed by atoms with Crippen molar-refractivity contribution in [1.29, 1.82) is 0 Å². The third kappa shape index (κ3) is 5.60. The van der Waals surface area contributed by atoms with Gasteiger partial charge in [0.15, 0.2) is 0 Å². The van der Waals surface area contributed by atoms with E-state index in [0.717, 1.165) is 11.1 Å². The van der Waals surface area contributed by atoms with E-state index in [1.807, 2.05) is 83.8 Å². The molecule has 1 heterocycles. The zero-order valence-electron chi connectivity index (χ0n) is 17.5. The summed E-state index contributed by atoms with van der Waals surface area (Å²) in [6.07, 6.45) is 3.79. The summed E-state index contributed by atoms with van der Waals surface area (Å²) < 4.78 is 7.75. The standard InChI is InChI=1S/C26H25N3O2/c1-28(17-23-16-27-29(19-23)18-21-9-4-2-5-10-21)26(30)24-13-8-14-25(15-24)31-20-22-11-6-3-7-12-22/h2-16,19H,17-18,20H2,1H3. The lowest BCUT2D eigenvalue weighted by Gasteiger charge is -2.17. The fourth-order valence-corrected chi connectivity index (χ4v) is 3.37. The first-order valence-electron chi connectivity index (χ1n) is 10.2. The monoisotopic (exact) mass is 411 g/mol. The largest absolute Gasteiger partial charge is 0.489 e. The van der Waals surface area contributed by atoms with Crippen molar-refractivity contribution in [3.05, 3.63) is 120 Å². The van der Waals surface area contributed by atoms with Gasteiger partial charge in [0.05, 0.1) is 12.7 Å². The first-order valence-corrected chi connectivity index (χ1v) is 10.2. The smallest absolute Gasteiger partial charge is 0.254 e. The van der Waals surface area contributed by atoms with E-state index in [4.69, 9.17) is 4.74 Å². The highest BCUT2D eigenvalue weighted by Crippen LogP contribution is 2.17. The Morgan fingerprint density at radius 2 is 1.61 bits per heavy atom. The molecule has 0 N–H and O–H groups in total. The maximum atomic E-state index is 12.9. The van der Waals surface area contributed by atoms with Gasteiger partial charge in [0.2, 0.25) is 0 Å². The van der Waals surface area contributed by atoms with Crippen molar-refractivity contribution in [2.45, 2.75) is 19.7 Å². The van der Waals surface area contributed by atoms with Gasteiger partial charge in [-0.05, 0) is 29.3 Å². The third-order valence-electron chi connectivity index (χ3n) is 4.97. The van der Waals surface area contributed by atoms with E-state index in [0.29, 0.717) is 31.0 Å². The molecule has 31 heavy (non-hydrogen) atoms. The number of hydrogen-bond donors (Lipinski definition) is 0. The van der Waals surface area contributed by atoms with Crippen molar-refractivity contribution in [2.75, 3.05) is 7.05 Å². The summed E-state index contributed by atoms with van der Waals surface area (Å²) >= 11 is 0. The van der Waals surface area contributed by atoms with E-state index in [1.165, 1.54) is 5.56 Å². The first-order chi connectivity index (χ1) is 15.2. The van der Waals surface area contributed by atoms with Crippen LogP contribution in [0.1, 0.15) is 27.0 Å². The molecule has 5 heteroatoms. The fourth-order valence-electron chi connectivity index (χ4n) is 3.37. The highest BCUT2D eigenvalue weighted by Gasteiger charge is 2.14. The minimum Gasteiger partial charge on any atom is -0.489 e. The lowest BCUT2D eigenvalue weighted by molar-refractivity contribution is 0.0784. The Bertz CT molecular complexity index is 1120. The van der Waals surface area contributed by atoms with Crippen molar-refractivity contribution >= 4 is 5.91 Å². The second kappa shape index (κ2) is 9.76. The Balaban J connectivity index is 1.36. The molecule has 1 amide bonds. The second-order valence-electron chi connectivity index (χ2n) is 7.50. The van der Waals surface area contributed by atoms with Crippen LogP contribution in [0.15, 0.2) is 97.3 Å². The molecule has 4 rings (SSSR count). The average Bonchev–Trinajstić information content (AvgIpc) is 3.25. The second-order valence-corrected chi connectivity index (χ2v) is 7.50. The van der Waals surface area contributed by atoms with E-state index in [1.54, 1.807) is 18.0 Å². The van der Waals surface area contributed by atoms with Crippen molar-refractivity contribution < 1.29 is 9.53 Å². The van der Waals surface area contributed by atoms with Crippen LogP contribution in [-0.4, -0.2) is 27.6 Å². The van der Waals surface area contributed by atoms with Gasteiger partial charge < -0.3 is 9.64 Å². The summed E-state index contributed by atoms with van der Waals surface area (Å²) in [6, 6.07) is 27.5. The molecule has 0 saturated carbocycles. The minimum atomic E-state index is -0.0547. The van der Waals surface area contributed by atoms with E-state index in [2.05, 4.69) is 17.2 Å². The molecule has 156 valence electrons. The molecule has 0 atom stereocenters. The number of benzene rings is 3. The van der Waals surface area contributed by atoms with Crippen LogP contribution >= 0.6 is 0 Å². The molecule has 0 aliphatic heterocycles. The minimum absolute atomic E-state index is 0.0547. The lowest BCUT2D eigenvalue weighted by Crippen LogP contribution is -2.26. The predicted molar refractivity (Wildman–Crippen MR) is 121 cm³/mol. The third-order valence-corrected chi connectivity index (χ3v) is 4.97. The molecule has 4 aromatic rings. The molecule has 0 aliphatic rings. The van der Waals surface area contributed by atoms with Crippen molar-refractivity contribution in [3.63, 3.8) is 0 Å². The van der Waals surface area contributed by atoms with Crippen LogP contribution in [0.25, 0.3) is 0 Å². The Kier molecular flexibility index (Phi) is 6.43. The van der Waals surface area contributed by atoms with Gasteiger partial charge in [-0.25, -0.2) is 0 Å². The molecule has 0 radical (unpaired) electrons. The zero-order chi connectivity index (χ0) is 21.5. The van der Waals surface area contributed by atoms with E-state index < -0.39 is 0 Å². The predicted octanol–water partition coefficient (Wildman–Crippen LogP) is 4.78. The molecule has 0 unspecified atom stereocenters. The number of ether oxygens (including phenoxy) is 1. The molecule has 5 nitrogen and oxygen atoms in total. The van der Waals surface area contributed by atoms with E-state index in [-0.39, 0.29) is 5.91 Å². The summed E-state index contributed by atoms with van der Waals surface area (Å²) in [7, 11) is 1.80. The molecule has 0 fully saturated rings. The van der Waals surface area contributed by atoms with Crippen LogP contribution in [0, 0.1) is 0 Å². The average molecular weight is 412 g/mol. The molecular formula is C26H25N3O2. The van der Waals surface area contributed by atoms with E-state index in [9.17, 15) is 4.79 Å². The van der Waals surface area contributed by atoms with Gasteiger partial charge in [-0.3, -0.25) is 9.48 Å². The summed E-state index contributed by atoms with van der Waals surface area (Å²) in [5, 5.41) is 4.42. The van der Waals surface area contributed by atoms with Gasteiger partial charge in [0.1, 0.15) is 12.4 Å². The quantitative estimate of drug-likeness (QED) is 0.419. The van der Waals surface area contributed by atoms with Gasteiger partial charge in [0, 0.05) is 30.9 Å². The molecular weight excluding hydrogens is 386 g/mol. The molecule has 0 bridgehead atoms. The van der Waals surface area contributed by atoms with Gasteiger partial charge in [-0.15, -0.1) is 0 Å². The number of aromatic nitrogens is 2. The first kappa shape index (κ1) is 20.4. The van der Waals surface area contributed by atoms with Crippen LogP contribution in [0.4, 0.5) is 0 Å².